The smallest absolute Gasteiger partial charge is 0.260 e. The normalized spacial score (nSPS) is 20.8. The first-order valence-electron chi connectivity index (χ1n) is 7.74. The molecule has 1 N–H and O–H groups in total. The summed E-state index contributed by atoms with van der Waals surface area (Å²) in [6.45, 7) is 3.83. The van der Waals surface area contributed by atoms with Crippen LogP contribution in [0.15, 0.2) is 48.4 Å². The molecule has 3 heterocycles. The van der Waals surface area contributed by atoms with E-state index in [1.165, 1.54) is 12.1 Å². The molecule has 4 rings (SSSR count). The van der Waals surface area contributed by atoms with Crippen LogP contribution in [0.5, 0.6) is 0 Å². The lowest BCUT2D eigenvalue weighted by Crippen LogP contribution is -2.21. The number of nitrogens with one attached hydrogen (secondary N) is 1. The minimum Gasteiger partial charge on any atom is -0.482 e. The first-order valence-corrected chi connectivity index (χ1v) is 8.11. The van der Waals surface area contributed by atoms with Crippen molar-refractivity contribution >= 4 is 34.3 Å². The number of halogens is 2. The lowest BCUT2D eigenvalue weighted by atomic mass is 9.93. The van der Waals surface area contributed by atoms with Crippen molar-refractivity contribution in [2.45, 2.75) is 19.4 Å². The first kappa shape index (κ1) is 15.8. The molecule has 6 heteroatoms. The third-order valence-corrected chi connectivity index (χ3v) is 4.51. The Morgan fingerprint density at radius 2 is 2.04 bits per heavy atom. The summed E-state index contributed by atoms with van der Waals surface area (Å²) < 4.78 is 19.5. The summed E-state index contributed by atoms with van der Waals surface area (Å²) in [5.41, 5.74) is 2.60. The van der Waals surface area contributed by atoms with Crippen LogP contribution in [0.3, 0.4) is 0 Å². The second-order valence-corrected chi connectivity index (χ2v) is 6.81. The van der Waals surface area contributed by atoms with Crippen molar-refractivity contribution in [3.63, 3.8) is 0 Å². The molecule has 2 aromatic rings. The Balaban J connectivity index is 1.88. The van der Waals surface area contributed by atoms with Crippen LogP contribution in [0.25, 0.3) is 11.1 Å². The van der Waals surface area contributed by atoms with E-state index in [1.54, 1.807) is 18.3 Å². The first-order chi connectivity index (χ1) is 11.8. The molecule has 1 amide bonds. The van der Waals surface area contributed by atoms with Crippen LogP contribution in [0, 0.1) is 5.82 Å². The van der Waals surface area contributed by atoms with E-state index >= 15 is 0 Å². The Labute approximate surface area is 149 Å². The van der Waals surface area contributed by atoms with E-state index in [2.05, 4.69) is 10.3 Å². The fourth-order valence-electron chi connectivity index (χ4n) is 3.18. The summed E-state index contributed by atoms with van der Waals surface area (Å²) in [7, 11) is 0. The highest BCUT2D eigenvalue weighted by molar-refractivity contribution is 6.32. The van der Waals surface area contributed by atoms with Gasteiger partial charge < -0.3 is 10.1 Å². The van der Waals surface area contributed by atoms with Gasteiger partial charge in [0.1, 0.15) is 22.3 Å². The number of nitrogens with zero attached hydrogens (tertiary/aromatic N) is 1. The second-order valence-electron chi connectivity index (χ2n) is 6.42. The summed E-state index contributed by atoms with van der Waals surface area (Å²) in [4.78, 5) is 16.4. The van der Waals surface area contributed by atoms with Gasteiger partial charge >= 0.3 is 0 Å². The number of ether oxygens (including phenoxy) is 1. The second kappa shape index (κ2) is 5.43. The Morgan fingerprint density at radius 1 is 1.24 bits per heavy atom. The zero-order chi connectivity index (χ0) is 17.8. The van der Waals surface area contributed by atoms with Crippen molar-refractivity contribution in [1.82, 2.24) is 4.98 Å². The number of pyridine rings is 1. The third-order valence-electron chi connectivity index (χ3n) is 4.30. The van der Waals surface area contributed by atoms with Crippen LogP contribution in [0.4, 0.5) is 10.1 Å². The lowest BCUT2D eigenvalue weighted by Gasteiger charge is -2.23. The van der Waals surface area contributed by atoms with E-state index in [1.807, 2.05) is 26.0 Å². The number of rotatable bonds is 1. The quantitative estimate of drug-likeness (QED) is 0.607. The van der Waals surface area contributed by atoms with Crippen LogP contribution >= 0.6 is 11.6 Å². The zero-order valence-electron chi connectivity index (χ0n) is 13.6. The Kier molecular flexibility index (Phi) is 3.44. The molecule has 2 aliphatic heterocycles. The van der Waals surface area contributed by atoms with Gasteiger partial charge in [-0.1, -0.05) is 11.6 Å². The largest absolute Gasteiger partial charge is 0.482 e. The summed E-state index contributed by atoms with van der Waals surface area (Å²) in [6, 6.07) is 7.80. The number of aromatic nitrogens is 1. The molecule has 0 radical (unpaired) electrons. The van der Waals surface area contributed by atoms with Crippen LogP contribution in [-0.4, -0.2) is 16.5 Å². The van der Waals surface area contributed by atoms with Crippen molar-refractivity contribution < 1.29 is 13.9 Å². The topological polar surface area (TPSA) is 51.2 Å². The molecule has 1 aromatic carbocycles. The standard InChI is InChI=1S/C19H14ClFN2O2/c1-19(2)13(10-5-6-22-16(20)7-10)9-15(25-19)17-12-4-3-11(21)8-14(12)23-18(17)24/h3-9H,1-2H3,(H,23,24)/b17-15+. The molecule has 25 heavy (non-hydrogen) atoms. The number of fused-ring (bicyclic) bond motifs is 1. The Morgan fingerprint density at radius 3 is 2.80 bits per heavy atom. The number of hydrogen-bond acceptors (Lipinski definition) is 3. The van der Waals surface area contributed by atoms with Crippen molar-refractivity contribution in [2.24, 2.45) is 0 Å². The highest BCUT2D eigenvalue weighted by Crippen LogP contribution is 2.44. The van der Waals surface area contributed by atoms with E-state index in [-0.39, 0.29) is 5.91 Å². The number of anilines is 1. The maximum atomic E-state index is 13.4. The average Bonchev–Trinajstić information content (AvgIpc) is 3.02. The Hall–Kier alpha value is -2.66. The molecule has 126 valence electrons. The number of benzene rings is 1. The molecule has 4 nitrogen and oxygen atoms in total. The van der Waals surface area contributed by atoms with Gasteiger partial charge in [0.15, 0.2) is 0 Å². The van der Waals surface area contributed by atoms with Crippen LogP contribution in [-0.2, 0) is 9.53 Å². The van der Waals surface area contributed by atoms with Crippen molar-refractivity contribution in [3.8, 4) is 0 Å². The van der Waals surface area contributed by atoms with Crippen LogP contribution in [0.2, 0.25) is 5.15 Å². The molecule has 0 saturated heterocycles. The zero-order valence-corrected chi connectivity index (χ0v) is 14.3. The minimum atomic E-state index is -0.643. The number of carbonyl (C=O) groups excluding carboxylic acids is 1. The number of carbonyl (C=O) groups is 1. The average molecular weight is 357 g/mol. The molecule has 1 aromatic heterocycles. The minimum absolute atomic E-state index is 0.309. The maximum Gasteiger partial charge on any atom is 0.260 e. The van der Waals surface area contributed by atoms with Gasteiger partial charge in [-0.3, -0.25) is 4.79 Å². The fraction of sp³-hybridized carbons (Fsp3) is 0.158. The van der Waals surface area contributed by atoms with Gasteiger partial charge in [-0.05, 0) is 55.8 Å². The van der Waals surface area contributed by atoms with E-state index < -0.39 is 11.4 Å². The monoisotopic (exact) mass is 356 g/mol. The van der Waals surface area contributed by atoms with E-state index in [0.717, 1.165) is 11.1 Å². The number of hydrogen-bond donors (Lipinski definition) is 1. The fourth-order valence-corrected chi connectivity index (χ4v) is 3.35. The van der Waals surface area contributed by atoms with Gasteiger partial charge in [0.05, 0.1) is 11.3 Å². The molecule has 0 aliphatic carbocycles. The van der Waals surface area contributed by atoms with Crippen molar-refractivity contribution in [2.75, 3.05) is 5.32 Å². The van der Waals surface area contributed by atoms with Crippen molar-refractivity contribution in [3.05, 3.63) is 70.5 Å². The van der Waals surface area contributed by atoms with E-state index in [4.69, 9.17) is 16.3 Å². The molecular formula is C19H14ClFN2O2. The third kappa shape index (κ3) is 2.61. The number of amides is 1. The molecule has 0 fully saturated rings. The highest BCUT2D eigenvalue weighted by atomic mass is 35.5. The molecular weight excluding hydrogens is 343 g/mol. The molecule has 0 atom stereocenters. The van der Waals surface area contributed by atoms with Gasteiger partial charge in [0.2, 0.25) is 0 Å². The molecule has 2 aliphatic rings. The summed E-state index contributed by atoms with van der Waals surface area (Å²) in [5.74, 6) is -0.256. The predicted molar refractivity (Wildman–Crippen MR) is 94.3 cm³/mol. The van der Waals surface area contributed by atoms with Gasteiger partial charge in [-0.15, -0.1) is 0 Å². The molecule has 0 unspecified atom stereocenters. The van der Waals surface area contributed by atoms with Crippen molar-refractivity contribution in [1.29, 1.82) is 0 Å². The summed E-state index contributed by atoms with van der Waals surface area (Å²) >= 11 is 5.99. The maximum absolute atomic E-state index is 13.4. The van der Waals surface area contributed by atoms with Gasteiger partial charge in [0, 0.05) is 17.3 Å². The predicted octanol–water partition coefficient (Wildman–Crippen LogP) is 4.43. The van der Waals surface area contributed by atoms with Gasteiger partial charge in [-0.2, -0.15) is 0 Å². The molecule has 0 spiro atoms. The molecule has 0 bridgehead atoms. The SMILES string of the molecule is CC1(C)O/C(=C2/C(=O)Nc3cc(F)ccc32)C=C1c1ccnc(Cl)c1. The highest BCUT2D eigenvalue weighted by Gasteiger charge is 2.38. The lowest BCUT2D eigenvalue weighted by molar-refractivity contribution is -0.111. The van der Waals surface area contributed by atoms with Crippen LogP contribution < -0.4 is 5.32 Å². The molecule has 0 saturated carbocycles. The summed E-state index contributed by atoms with van der Waals surface area (Å²) in [5, 5.41) is 3.06. The van der Waals surface area contributed by atoms with Crippen LogP contribution in [0.1, 0.15) is 25.0 Å². The summed E-state index contributed by atoms with van der Waals surface area (Å²) in [6.07, 6.45) is 3.46. The van der Waals surface area contributed by atoms with E-state index in [0.29, 0.717) is 27.7 Å². The van der Waals surface area contributed by atoms with Gasteiger partial charge in [-0.25, -0.2) is 9.37 Å². The number of allylic oxidation sites excluding steroid dienone is 1. The Bertz CT molecular complexity index is 979. The van der Waals surface area contributed by atoms with Gasteiger partial charge in [0.25, 0.3) is 5.91 Å². The van der Waals surface area contributed by atoms with E-state index in [9.17, 15) is 9.18 Å².